The van der Waals surface area contributed by atoms with Crippen LogP contribution in [0.3, 0.4) is 0 Å². The van der Waals surface area contributed by atoms with Gasteiger partial charge in [0.2, 0.25) is 0 Å². The van der Waals surface area contributed by atoms with Crippen molar-refractivity contribution in [1.29, 1.82) is 0 Å². The molecular weight excluding hydrogens is 304 g/mol. The first-order valence-corrected chi connectivity index (χ1v) is 7.10. The predicted octanol–water partition coefficient (Wildman–Crippen LogP) is 3.58. The van der Waals surface area contributed by atoms with Gasteiger partial charge in [-0.2, -0.15) is 0 Å². The summed E-state index contributed by atoms with van der Waals surface area (Å²) in [6, 6.07) is 9.88. The third-order valence-corrected chi connectivity index (χ3v) is 3.22. The lowest BCUT2D eigenvalue weighted by atomic mass is 10.1. The first kappa shape index (κ1) is 16.0. The second-order valence-corrected chi connectivity index (χ2v) is 4.92. The minimum absolute atomic E-state index is 0.308. The first-order valence-electron chi connectivity index (χ1n) is 6.72. The Bertz CT molecular complexity index is 689. The number of ether oxygens (including phenoxy) is 2. The van der Waals surface area contributed by atoms with E-state index in [9.17, 15) is 4.79 Å². The van der Waals surface area contributed by atoms with Gasteiger partial charge in [0.25, 0.3) is 5.91 Å². The van der Waals surface area contributed by atoms with Crippen LogP contribution in [0, 0.1) is 0 Å². The number of nitrogens with one attached hydrogen (secondary N) is 1. The van der Waals surface area contributed by atoms with Crippen molar-refractivity contribution < 1.29 is 14.3 Å². The average molecular weight is 321 g/mol. The zero-order valence-corrected chi connectivity index (χ0v) is 13.1. The SMILES string of the molecule is CCOc1ccc(Cl)cc1NC(=O)c1ccc(OC)c(N)c1. The number of anilines is 2. The number of nitrogen functional groups attached to an aromatic ring is 1. The van der Waals surface area contributed by atoms with Crippen molar-refractivity contribution >= 4 is 28.9 Å². The fraction of sp³-hybridized carbons (Fsp3) is 0.188. The van der Waals surface area contributed by atoms with Gasteiger partial charge in [-0.1, -0.05) is 11.6 Å². The minimum atomic E-state index is -0.308. The maximum absolute atomic E-state index is 12.3. The van der Waals surface area contributed by atoms with E-state index in [-0.39, 0.29) is 5.91 Å². The lowest BCUT2D eigenvalue weighted by molar-refractivity contribution is 0.102. The van der Waals surface area contributed by atoms with Crippen molar-refractivity contribution in [3.63, 3.8) is 0 Å². The van der Waals surface area contributed by atoms with Gasteiger partial charge in [-0.15, -0.1) is 0 Å². The molecule has 3 N–H and O–H groups in total. The zero-order valence-electron chi connectivity index (χ0n) is 12.4. The Morgan fingerprint density at radius 1 is 1.23 bits per heavy atom. The molecule has 0 bridgehead atoms. The summed E-state index contributed by atoms with van der Waals surface area (Å²) in [5.74, 6) is 0.772. The van der Waals surface area contributed by atoms with Gasteiger partial charge < -0.3 is 20.5 Å². The summed E-state index contributed by atoms with van der Waals surface area (Å²) in [5.41, 5.74) is 7.13. The summed E-state index contributed by atoms with van der Waals surface area (Å²) in [6.07, 6.45) is 0. The highest BCUT2D eigenvalue weighted by molar-refractivity contribution is 6.31. The lowest BCUT2D eigenvalue weighted by Crippen LogP contribution is -2.13. The molecule has 0 spiro atoms. The van der Waals surface area contributed by atoms with Crippen molar-refractivity contribution in [2.75, 3.05) is 24.8 Å². The Morgan fingerprint density at radius 2 is 1.95 bits per heavy atom. The summed E-state index contributed by atoms with van der Waals surface area (Å²) in [7, 11) is 1.52. The van der Waals surface area contributed by atoms with Gasteiger partial charge in [0.05, 0.1) is 25.1 Å². The van der Waals surface area contributed by atoms with Gasteiger partial charge in [0.15, 0.2) is 0 Å². The van der Waals surface area contributed by atoms with Crippen molar-refractivity contribution in [2.45, 2.75) is 6.92 Å². The van der Waals surface area contributed by atoms with Crippen LogP contribution < -0.4 is 20.5 Å². The summed E-state index contributed by atoms with van der Waals surface area (Å²) >= 11 is 5.97. The molecule has 6 heteroatoms. The monoisotopic (exact) mass is 320 g/mol. The molecule has 0 aliphatic rings. The number of carbonyl (C=O) groups excluding carboxylic acids is 1. The maximum Gasteiger partial charge on any atom is 0.255 e. The molecule has 116 valence electrons. The number of amides is 1. The summed E-state index contributed by atoms with van der Waals surface area (Å²) in [5, 5.41) is 3.28. The second kappa shape index (κ2) is 7.04. The van der Waals surface area contributed by atoms with E-state index in [0.29, 0.717) is 40.1 Å². The molecule has 0 heterocycles. The van der Waals surface area contributed by atoms with Gasteiger partial charge in [-0.3, -0.25) is 4.79 Å². The molecule has 2 aromatic carbocycles. The number of nitrogens with two attached hydrogens (primary N) is 1. The van der Waals surface area contributed by atoms with E-state index < -0.39 is 0 Å². The Balaban J connectivity index is 2.25. The van der Waals surface area contributed by atoms with Gasteiger partial charge in [-0.25, -0.2) is 0 Å². The molecule has 0 fully saturated rings. The number of halogens is 1. The number of benzene rings is 2. The third kappa shape index (κ3) is 3.62. The Labute approximate surface area is 134 Å². The Morgan fingerprint density at radius 3 is 2.59 bits per heavy atom. The average Bonchev–Trinajstić information content (AvgIpc) is 2.50. The Kier molecular flexibility index (Phi) is 5.12. The van der Waals surface area contributed by atoms with E-state index >= 15 is 0 Å². The van der Waals surface area contributed by atoms with Crippen molar-refractivity contribution in [3.8, 4) is 11.5 Å². The van der Waals surface area contributed by atoms with E-state index in [1.165, 1.54) is 7.11 Å². The molecule has 0 aliphatic carbocycles. The summed E-state index contributed by atoms with van der Waals surface area (Å²) in [4.78, 5) is 12.3. The van der Waals surface area contributed by atoms with Crippen LogP contribution in [-0.4, -0.2) is 19.6 Å². The number of hydrogen-bond donors (Lipinski definition) is 2. The molecule has 0 unspecified atom stereocenters. The number of hydrogen-bond acceptors (Lipinski definition) is 4. The molecule has 0 aliphatic heterocycles. The van der Waals surface area contributed by atoms with Gasteiger partial charge in [0, 0.05) is 10.6 Å². The third-order valence-electron chi connectivity index (χ3n) is 2.98. The summed E-state index contributed by atoms with van der Waals surface area (Å²) < 4.78 is 10.5. The van der Waals surface area contributed by atoms with Crippen LogP contribution in [0.15, 0.2) is 36.4 Å². The molecule has 5 nitrogen and oxygen atoms in total. The van der Waals surface area contributed by atoms with Crippen LogP contribution in [-0.2, 0) is 0 Å². The first-order chi connectivity index (χ1) is 10.5. The highest BCUT2D eigenvalue weighted by Gasteiger charge is 2.12. The lowest BCUT2D eigenvalue weighted by Gasteiger charge is -2.12. The van der Waals surface area contributed by atoms with Crippen molar-refractivity contribution in [3.05, 3.63) is 47.0 Å². The van der Waals surface area contributed by atoms with Crippen LogP contribution in [0.4, 0.5) is 11.4 Å². The van der Waals surface area contributed by atoms with Crippen LogP contribution in [0.5, 0.6) is 11.5 Å². The van der Waals surface area contributed by atoms with Crippen LogP contribution in [0.2, 0.25) is 5.02 Å². The maximum atomic E-state index is 12.3. The van der Waals surface area contributed by atoms with Crippen LogP contribution >= 0.6 is 11.6 Å². The normalized spacial score (nSPS) is 10.1. The van der Waals surface area contributed by atoms with Gasteiger partial charge in [0.1, 0.15) is 11.5 Å². The number of rotatable bonds is 5. The largest absolute Gasteiger partial charge is 0.495 e. The molecule has 0 radical (unpaired) electrons. The van der Waals surface area contributed by atoms with E-state index in [1.807, 2.05) is 6.92 Å². The molecule has 0 saturated heterocycles. The van der Waals surface area contributed by atoms with Crippen LogP contribution in [0.25, 0.3) is 0 Å². The van der Waals surface area contributed by atoms with Gasteiger partial charge in [-0.05, 0) is 43.3 Å². The van der Waals surface area contributed by atoms with Crippen molar-refractivity contribution in [1.82, 2.24) is 0 Å². The molecular formula is C16H17ClN2O3. The molecule has 0 atom stereocenters. The highest BCUT2D eigenvalue weighted by Crippen LogP contribution is 2.29. The molecule has 0 saturated carbocycles. The van der Waals surface area contributed by atoms with E-state index in [2.05, 4.69) is 5.32 Å². The second-order valence-electron chi connectivity index (χ2n) is 4.48. The smallest absolute Gasteiger partial charge is 0.255 e. The fourth-order valence-electron chi connectivity index (χ4n) is 1.95. The standard InChI is InChI=1S/C16H17ClN2O3/c1-3-22-15-7-5-11(17)9-13(15)19-16(20)10-4-6-14(21-2)12(18)8-10/h4-9H,3,18H2,1-2H3,(H,19,20). The molecule has 22 heavy (non-hydrogen) atoms. The fourth-order valence-corrected chi connectivity index (χ4v) is 2.12. The molecule has 1 amide bonds. The Hall–Kier alpha value is -2.40. The topological polar surface area (TPSA) is 73.6 Å². The van der Waals surface area contributed by atoms with Gasteiger partial charge >= 0.3 is 0 Å². The predicted molar refractivity (Wildman–Crippen MR) is 88.0 cm³/mol. The molecule has 0 aromatic heterocycles. The molecule has 2 rings (SSSR count). The highest BCUT2D eigenvalue weighted by atomic mass is 35.5. The zero-order chi connectivity index (χ0) is 16.1. The van der Waals surface area contributed by atoms with E-state index in [4.69, 9.17) is 26.8 Å². The van der Waals surface area contributed by atoms with Crippen LogP contribution in [0.1, 0.15) is 17.3 Å². The minimum Gasteiger partial charge on any atom is -0.495 e. The number of carbonyl (C=O) groups is 1. The van der Waals surface area contributed by atoms with Crippen molar-refractivity contribution in [2.24, 2.45) is 0 Å². The van der Waals surface area contributed by atoms with E-state index in [0.717, 1.165) is 0 Å². The number of methoxy groups -OCH3 is 1. The molecule has 2 aromatic rings. The summed E-state index contributed by atoms with van der Waals surface area (Å²) in [6.45, 7) is 2.35. The van der Waals surface area contributed by atoms with E-state index in [1.54, 1.807) is 36.4 Å². The quantitative estimate of drug-likeness (QED) is 0.826.